The van der Waals surface area contributed by atoms with Gasteiger partial charge in [0.25, 0.3) is 0 Å². The molecular formula is C23H21NO5S. The van der Waals surface area contributed by atoms with Crippen LogP contribution in [0, 0.1) is 0 Å². The summed E-state index contributed by atoms with van der Waals surface area (Å²) >= 11 is 1.55. The van der Waals surface area contributed by atoms with E-state index >= 15 is 0 Å². The first-order valence-electron chi connectivity index (χ1n) is 10.1. The van der Waals surface area contributed by atoms with Crippen LogP contribution in [-0.4, -0.2) is 47.6 Å². The van der Waals surface area contributed by atoms with Crippen LogP contribution in [0.1, 0.15) is 28.3 Å². The summed E-state index contributed by atoms with van der Waals surface area (Å²) in [7, 11) is 0. The van der Waals surface area contributed by atoms with Crippen molar-refractivity contribution in [3.63, 3.8) is 0 Å². The summed E-state index contributed by atoms with van der Waals surface area (Å²) in [5.74, 6) is 0.890. The molecule has 1 aliphatic carbocycles. The second-order valence-corrected chi connectivity index (χ2v) is 9.06. The van der Waals surface area contributed by atoms with Gasteiger partial charge >= 0.3 is 5.97 Å². The van der Waals surface area contributed by atoms with Gasteiger partial charge in [0.15, 0.2) is 11.5 Å². The van der Waals surface area contributed by atoms with E-state index in [-0.39, 0.29) is 18.8 Å². The molecule has 0 spiro atoms. The molecule has 30 heavy (non-hydrogen) atoms. The monoisotopic (exact) mass is 423 g/mol. The topological polar surface area (TPSA) is 68.2 Å². The molecule has 4 aliphatic rings. The Balaban J connectivity index is 1.36. The van der Waals surface area contributed by atoms with Crippen LogP contribution in [0.5, 0.6) is 11.5 Å². The van der Waals surface area contributed by atoms with Gasteiger partial charge in [0.1, 0.15) is 12.2 Å². The van der Waals surface area contributed by atoms with E-state index in [4.69, 9.17) is 14.2 Å². The minimum Gasteiger partial charge on any atom is -0.455 e. The molecule has 2 unspecified atom stereocenters. The number of carbonyl (C=O) groups excluding carboxylic acids is 1. The predicted molar refractivity (Wildman–Crippen MR) is 111 cm³/mol. The van der Waals surface area contributed by atoms with Gasteiger partial charge in [-0.15, -0.1) is 11.3 Å². The van der Waals surface area contributed by atoms with Crippen LogP contribution in [0.4, 0.5) is 0 Å². The molecule has 0 saturated carbocycles. The van der Waals surface area contributed by atoms with Crippen LogP contribution < -0.4 is 9.47 Å². The third-order valence-electron chi connectivity index (χ3n) is 6.42. The Kier molecular flexibility index (Phi) is 4.23. The lowest BCUT2D eigenvalue weighted by atomic mass is 9.73. The molecule has 154 valence electrons. The van der Waals surface area contributed by atoms with Crippen molar-refractivity contribution >= 4 is 23.4 Å². The van der Waals surface area contributed by atoms with Crippen LogP contribution in [-0.2, 0) is 16.1 Å². The third kappa shape index (κ3) is 2.88. The van der Waals surface area contributed by atoms with E-state index in [1.165, 1.54) is 11.6 Å². The third-order valence-corrected chi connectivity index (χ3v) is 7.26. The number of esters is 1. The molecule has 2 aromatic rings. The van der Waals surface area contributed by atoms with E-state index in [1.54, 1.807) is 17.4 Å². The van der Waals surface area contributed by atoms with Gasteiger partial charge < -0.3 is 19.3 Å². The van der Waals surface area contributed by atoms with Gasteiger partial charge in [0, 0.05) is 36.0 Å². The standard InChI is InChI=1S/C23H21NO5S/c25-17-8-13-5-6-24-11-14-9-18-19(28-12-27-18)10-16(14)21(22(13)24)23(17)29-20(26)4-3-15-2-1-7-30-15/h1-4,7-10,17,21-23,25H,5-6,11-12H2/b4-3+/t17-,21?,22?,23+/m0/s1. The highest BCUT2D eigenvalue weighted by Crippen LogP contribution is 2.50. The van der Waals surface area contributed by atoms with Crippen molar-refractivity contribution in [1.82, 2.24) is 4.90 Å². The summed E-state index contributed by atoms with van der Waals surface area (Å²) in [4.78, 5) is 16.0. The summed E-state index contributed by atoms with van der Waals surface area (Å²) in [6.45, 7) is 1.97. The second kappa shape index (κ2) is 6.97. The van der Waals surface area contributed by atoms with E-state index in [1.807, 2.05) is 35.7 Å². The molecule has 4 atom stereocenters. The molecule has 4 heterocycles. The molecule has 1 saturated heterocycles. The van der Waals surface area contributed by atoms with Crippen molar-refractivity contribution in [3.05, 3.63) is 63.4 Å². The molecule has 0 amide bonds. The van der Waals surface area contributed by atoms with E-state index in [9.17, 15) is 9.90 Å². The van der Waals surface area contributed by atoms with Crippen molar-refractivity contribution in [2.24, 2.45) is 0 Å². The minimum absolute atomic E-state index is 0.139. The first-order valence-corrected chi connectivity index (χ1v) is 11.0. The Bertz CT molecular complexity index is 1060. The lowest BCUT2D eigenvalue weighted by Crippen LogP contribution is -2.51. The summed E-state index contributed by atoms with van der Waals surface area (Å²) in [5.41, 5.74) is 3.45. The largest absolute Gasteiger partial charge is 0.455 e. The summed E-state index contributed by atoms with van der Waals surface area (Å²) in [5, 5.41) is 12.9. The molecule has 7 heteroatoms. The quantitative estimate of drug-likeness (QED) is 0.465. The van der Waals surface area contributed by atoms with Gasteiger partial charge in [-0.3, -0.25) is 4.90 Å². The van der Waals surface area contributed by atoms with Crippen molar-refractivity contribution in [2.75, 3.05) is 13.3 Å². The first-order chi connectivity index (χ1) is 14.7. The van der Waals surface area contributed by atoms with Crippen LogP contribution in [0.25, 0.3) is 6.08 Å². The number of carbonyl (C=O) groups is 1. The zero-order chi connectivity index (χ0) is 20.2. The minimum atomic E-state index is -0.836. The number of aliphatic hydroxyl groups excluding tert-OH is 1. The lowest BCUT2D eigenvalue weighted by molar-refractivity contribution is -0.150. The highest BCUT2D eigenvalue weighted by Gasteiger charge is 2.50. The second-order valence-electron chi connectivity index (χ2n) is 8.08. The van der Waals surface area contributed by atoms with Crippen molar-refractivity contribution < 1.29 is 24.1 Å². The molecule has 1 aromatic carbocycles. The van der Waals surface area contributed by atoms with Gasteiger partial charge in [0.05, 0.1) is 0 Å². The van der Waals surface area contributed by atoms with E-state index in [0.717, 1.165) is 41.3 Å². The van der Waals surface area contributed by atoms with Crippen molar-refractivity contribution in [1.29, 1.82) is 0 Å². The Labute approximate surface area is 178 Å². The molecule has 0 bridgehead atoms. The average molecular weight is 423 g/mol. The molecule has 6 rings (SSSR count). The fraction of sp³-hybridized carbons (Fsp3) is 0.348. The molecule has 0 radical (unpaired) electrons. The van der Waals surface area contributed by atoms with E-state index in [0.29, 0.717) is 5.75 Å². The Morgan fingerprint density at radius 1 is 1.30 bits per heavy atom. The van der Waals surface area contributed by atoms with Crippen LogP contribution in [0.2, 0.25) is 0 Å². The number of thiophene rings is 1. The van der Waals surface area contributed by atoms with Gasteiger partial charge in [0.2, 0.25) is 6.79 Å². The molecule has 1 N–H and O–H groups in total. The number of hydrogen-bond donors (Lipinski definition) is 1. The average Bonchev–Trinajstić information content (AvgIpc) is 3.48. The van der Waals surface area contributed by atoms with Gasteiger partial charge in [-0.25, -0.2) is 4.79 Å². The molecule has 1 fully saturated rings. The maximum absolute atomic E-state index is 12.6. The zero-order valence-electron chi connectivity index (χ0n) is 16.2. The predicted octanol–water partition coefficient (Wildman–Crippen LogP) is 3.07. The highest BCUT2D eigenvalue weighted by atomic mass is 32.1. The lowest BCUT2D eigenvalue weighted by Gasteiger charge is -2.45. The van der Waals surface area contributed by atoms with Gasteiger partial charge in [-0.1, -0.05) is 17.7 Å². The highest BCUT2D eigenvalue weighted by molar-refractivity contribution is 7.10. The van der Waals surface area contributed by atoms with E-state index < -0.39 is 18.2 Å². The van der Waals surface area contributed by atoms with Crippen LogP contribution >= 0.6 is 11.3 Å². The summed E-state index contributed by atoms with van der Waals surface area (Å²) in [6, 6.07) is 8.06. The number of hydrogen-bond acceptors (Lipinski definition) is 7. The molecule has 6 nitrogen and oxygen atoms in total. The van der Waals surface area contributed by atoms with Crippen molar-refractivity contribution in [3.8, 4) is 11.5 Å². The maximum atomic E-state index is 12.6. The summed E-state index contributed by atoms with van der Waals surface area (Å²) < 4.78 is 17.0. The molecular weight excluding hydrogens is 402 g/mol. The van der Waals surface area contributed by atoms with Crippen molar-refractivity contribution in [2.45, 2.75) is 37.1 Å². The summed E-state index contributed by atoms with van der Waals surface area (Å²) in [6.07, 6.45) is 4.51. The Hall–Kier alpha value is -2.61. The Morgan fingerprint density at radius 2 is 2.17 bits per heavy atom. The zero-order valence-corrected chi connectivity index (χ0v) is 17.0. The number of aliphatic hydroxyl groups is 1. The number of nitrogens with zero attached hydrogens (tertiary/aromatic N) is 1. The first kappa shape index (κ1) is 18.2. The van der Waals surface area contributed by atoms with E-state index in [2.05, 4.69) is 4.90 Å². The smallest absolute Gasteiger partial charge is 0.331 e. The SMILES string of the molecule is O=C(/C=C/c1cccs1)O[C@H]1C2c3cc4c(cc3CN3CCC(=C[C@@H]1O)C23)OCO4. The molecule has 3 aliphatic heterocycles. The van der Waals surface area contributed by atoms with Gasteiger partial charge in [-0.05, 0) is 47.2 Å². The van der Waals surface area contributed by atoms with Gasteiger partial charge in [-0.2, -0.15) is 0 Å². The maximum Gasteiger partial charge on any atom is 0.331 e. The number of ether oxygens (including phenoxy) is 3. The molecule has 1 aromatic heterocycles. The fourth-order valence-corrected chi connectivity index (χ4v) is 5.80. The number of fused-ring (bicyclic) bond motifs is 3. The van der Waals surface area contributed by atoms with Crippen LogP contribution in [0.3, 0.4) is 0 Å². The Morgan fingerprint density at radius 3 is 3.00 bits per heavy atom. The number of rotatable bonds is 3. The fourth-order valence-electron chi connectivity index (χ4n) is 5.18. The normalized spacial score (nSPS) is 28.9. The number of benzene rings is 1. The van der Waals surface area contributed by atoms with Crippen LogP contribution in [0.15, 0.2) is 47.4 Å².